The van der Waals surface area contributed by atoms with Gasteiger partial charge in [0.25, 0.3) is 0 Å². The van der Waals surface area contributed by atoms with Crippen molar-refractivity contribution in [3.63, 3.8) is 0 Å². The van der Waals surface area contributed by atoms with Gasteiger partial charge in [0.15, 0.2) is 0 Å². The highest BCUT2D eigenvalue weighted by atomic mass is 32.1. The molecule has 0 fully saturated rings. The zero-order valence-corrected chi connectivity index (χ0v) is 6.58. The van der Waals surface area contributed by atoms with Crippen LogP contribution in [0.2, 0.25) is 0 Å². The summed E-state index contributed by atoms with van der Waals surface area (Å²) < 4.78 is 0. The molecular formula is C8H6N2S. The van der Waals surface area contributed by atoms with E-state index in [1.807, 2.05) is 6.07 Å². The van der Waals surface area contributed by atoms with Gasteiger partial charge in [0.2, 0.25) is 0 Å². The average molecular weight is 162 g/mol. The summed E-state index contributed by atoms with van der Waals surface area (Å²) in [7, 11) is 0. The fraction of sp³-hybridized carbons (Fsp3) is 0. The third-order valence-electron chi connectivity index (χ3n) is 1.44. The predicted molar refractivity (Wildman–Crippen MR) is 45.3 cm³/mol. The summed E-state index contributed by atoms with van der Waals surface area (Å²) in [5, 5.41) is 11.6. The van der Waals surface area contributed by atoms with E-state index < -0.39 is 0 Å². The topological polar surface area (TPSA) is 25.8 Å². The molecule has 0 saturated heterocycles. The normalized spacial score (nSPS) is 9.82. The van der Waals surface area contributed by atoms with Crippen LogP contribution in [-0.2, 0) is 0 Å². The molecule has 2 aromatic rings. The average Bonchev–Trinajstić information content (AvgIpc) is 2.58. The maximum absolute atomic E-state index is 3.80. The largest absolute Gasteiger partial charge is 0.159 e. The van der Waals surface area contributed by atoms with Gasteiger partial charge in [-0.2, -0.15) is 21.5 Å². The van der Waals surface area contributed by atoms with E-state index in [0.717, 1.165) is 5.56 Å². The van der Waals surface area contributed by atoms with Gasteiger partial charge in [-0.25, -0.2) is 0 Å². The van der Waals surface area contributed by atoms with E-state index >= 15 is 0 Å². The van der Waals surface area contributed by atoms with E-state index in [1.54, 1.807) is 23.7 Å². The Morgan fingerprint density at radius 1 is 1.09 bits per heavy atom. The molecule has 0 unspecified atom stereocenters. The van der Waals surface area contributed by atoms with Crippen molar-refractivity contribution in [3.8, 4) is 11.1 Å². The van der Waals surface area contributed by atoms with Gasteiger partial charge < -0.3 is 0 Å². The van der Waals surface area contributed by atoms with Gasteiger partial charge >= 0.3 is 0 Å². The lowest BCUT2D eigenvalue weighted by atomic mass is 10.2. The molecule has 0 saturated carbocycles. The Labute approximate surface area is 68.5 Å². The molecule has 0 atom stereocenters. The fourth-order valence-electron chi connectivity index (χ4n) is 0.890. The van der Waals surface area contributed by atoms with Gasteiger partial charge in [-0.15, -0.1) is 0 Å². The summed E-state index contributed by atoms with van der Waals surface area (Å²) in [6.45, 7) is 0. The molecule has 0 spiro atoms. The van der Waals surface area contributed by atoms with Crippen molar-refractivity contribution in [2.45, 2.75) is 0 Å². The van der Waals surface area contributed by atoms with Crippen LogP contribution in [0.1, 0.15) is 0 Å². The summed E-state index contributed by atoms with van der Waals surface area (Å²) in [6, 6.07) is 4.02. The Bertz CT molecular complexity index is 315. The van der Waals surface area contributed by atoms with E-state index in [1.165, 1.54) is 5.56 Å². The summed E-state index contributed by atoms with van der Waals surface area (Å²) in [6.07, 6.45) is 3.47. The lowest BCUT2D eigenvalue weighted by molar-refractivity contribution is 1.03. The quantitative estimate of drug-likeness (QED) is 0.642. The van der Waals surface area contributed by atoms with E-state index in [0.29, 0.717) is 0 Å². The zero-order valence-electron chi connectivity index (χ0n) is 5.77. The van der Waals surface area contributed by atoms with Crippen molar-refractivity contribution in [1.29, 1.82) is 0 Å². The van der Waals surface area contributed by atoms with Crippen molar-refractivity contribution in [3.05, 3.63) is 35.3 Å². The highest BCUT2D eigenvalue weighted by molar-refractivity contribution is 7.08. The number of hydrogen-bond donors (Lipinski definition) is 0. The van der Waals surface area contributed by atoms with Crippen LogP contribution in [0.25, 0.3) is 11.1 Å². The Morgan fingerprint density at radius 3 is 2.73 bits per heavy atom. The summed E-state index contributed by atoms with van der Waals surface area (Å²) in [4.78, 5) is 0. The van der Waals surface area contributed by atoms with Crippen molar-refractivity contribution in [1.82, 2.24) is 10.2 Å². The molecule has 2 aromatic heterocycles. The molecule has 54 valence electrons. The Morgan fingerprint density at radius 2 is 2.09 bits per heavy atom. The van der Waals surface area contributed by atoms with Crippen molar-refractivity contribution in [2.24, 2.45) is 0 Å². The van der Waals surface area contributed by atoms with Crippen LogP contribution in [0.3, 0.4) is 0 Å². The van der Waals surface area contributed by atoms with Crippen molar-refractivity contribution < 1.29 is 0 Å². The number of thiophene rings is 1. The number of hydrogen-bond acceptors (Lipinski definition) is 3. The Balaban J connectivity index is 2.46. The molecule has 3 heteroatoms. The molecule has 0 aliphatic carbocycles. The Kier molecular flexibility index (Phi) is 1.65. The van der Waals surface area contributed by atoms with Crippen molar-refractivity contribution >= 4 is 11.3 Å². The maximum atomic E-state index is 3.80. The predicted octanol–water partition coefficient (Wildman–Crippen LogP) is 2.21. The first-order valence-corrected chi connectivity index (χ1v) is 4.20. The number of aromatic nitrogens is 2. The summed E-state index contributed by atoms with van der Waals surface area (Å²) in [5.74, 6) is 0. The minimum Gasteiger partial charge on any atom is -0.159 e. The molecule has 0 bridgehead atoms. The first-order chi connectivity index (χ1) is 5.47. The van der Waals surface area contributed by atoms with E-state index in [2.05, 4.69) is 27.0 Å². The second-order valence-corrected chi connectivity index (χ2v) is 2.92. The van der Waals surface area contributed by atoms with Gasteiger partial charge in [0.05, 0.1) is 12.4 Å². The highest BCUT2D eigenvalue weighted by Gasteiger charge is 1.94. The first kappa shape index (κ1) is 6.49. The number of rotatable bonds is 1. The fourth-order valence-corrected chi connectivity index (χ4v) is 1.56. The molecule has 2 heterocycles. The molecule has 0 aromatic carbocycles. The monoisotopic (exact) mass is 162 g/mol. The SMILES string of the molecule is c1cc(-c2ccsc2)cnn1. The van der Waals surface area contributed by atoms with Crippen LogP contribution in [-0.4, -0.2) is 10.2 Å². The third kappa shape index (κ3) is 1.28. The maximum Gasteiger partial charge on any atom is 0.0574 e. The molecule has 0 amide bonds. The van der Waals surface area contributed by atoms with Gasteiger partial charge in [0, 0.05) is 5.56 Å². The van der Waals surface area contributed by atoms with Crippen LogP contribution in [0.4, 0.5) is 0 Å². The molecule has 2 rings (SSSR count). The molecule has 0 aliphatic heterocycles. The molecule has 0 radical (unpaired) electrons. The zero-order chi connectivity index (χ0) is 7.52. The van der Waals surface area contributed by atoms with E-state index in [9.17, 15) is 0 Å². The third-order valence-corrected chi connectivity index (χ3v) is 2.12. The second-order valence-electron chi connectivity index (χ2n) is 2.14. The molecular weight excluding hydrogens is 156 g/mol. The molecule has 0 aliphatic rings. The highest BCUT2D eigenvalue weighted by Crippen LogP contribution is 2.19. The Hall–Kier alpha value is -1.22. The van der Waals surface area contributed by atoms with Gasteiger partial charge in [-0.05, 0) is 28.5 Å². The van der Waals surface area contributed by atoms with Gasteiger partial charge in [-0.1, -0.05) is 0 Å². The van der Waals surface area contributed by atoms with E-state index in [4.69, 9.17) is 0 Å². The lowest BCUT2D eigenvalue weighted by Crippen LogP contribution is -1.78. The summed E-state index contributed by atoms with van der Waals surface area (Å²) >= 11 is 1.69. The van der Waals surface area contributed by atoms with Gasteiger partial charge in [-0.3, -0.25) is 0 Å². The lowest BCUT2D eigenvalue weighted by Gasteiger charge is -1.91. The van der Waals surface area contributed by atoms with Gasteiger partial charge in [0.1, 0.15) is 0 Å². The van der Waals surface area contributed by atoms with Crippen molar-refractivity contribution in [2.75, 3.05) is 0 Å². The summed E-state index contributed by atoms with van der Waals surface area (Å²) in [5.41, 5.74) is 2.34. The van der Waals surface area contributed by atoms with Crippen LogP contribution in [0.5, 0.6) is 0 Å². The van der Waals surface area contributed by atoms with Crippen LogP contribution in [0, 0.1) is 0 Å². The van der Waals surface area contributed by atoms with Crippen LogP contribution >= 0.6 is 11.3 Å². The first-order valence-electron chi connectivity index (χ1n) is 3.26. The molecule has 2 nitrogen and oxygen atoms in total. The standard InChI is InChI=1S/C8H6N2S/c1-3-9-10-5-7(1)8-2-4-11-6-8/h1-6H. The number of nitrogens with zero attached hydrogens (tertiary/aromatic N) is 2. The smallest absolute Gasteiger partial charge is 0.0574 e. The van der Waals surface area contributed by atoms with Crippen LogP contribution < -0.4 is 0 Å². The minimum absolute atomic E-state index is 1.13. The minimum atomic E-state index is 1.13. The molecule has 11 heavy (non-hydrogen) atoms. The van der Waals surface area contributed by atoms with E-state index in [-0.39, 0.29) is 0 Å². The second kappa shape index (κ2) is 2.80. The molecule has 0 N–H and O–H groups in total. The van der Waals surface area contributed by atoms with Crippen LogP contribution in [0.15, 0.2) is 35.3 Å².